The van der Waals surface area contributed by atoms with Crippen LogP contribution in [0.2, 0.25) is 0 Å². The minimum atomic E-state index is -4.96. The molecule has 0 spiro atoms. The van der Waals surface area contributed by atoms with Gasteiger partial charge in [-0.15, -0.1) is 13.2 Å². The Morgan fingerprint density at radius 2 is 1.80 bits per heavy atom. The number of hydrogen-bond donors (Lipinski definition) is 1. The van der Waals surface area contributed by atoms with Crippen molar-refractivity contribution in [2.45, 2.75) is 65.5 Å². The first-order valence-corrected chi connectivity index (χ1v) is 13.6. The number of piperidine rings is 1. The van der Waals surface area contributed by atoms with Crippen LogP contribution < -0.4 is 9.64 Å². The van der Waals surface area contributed by atoms with Gasteiger partial charge in [0.2, 0.25) is 5.91 Å². The minimum Gasteiger partial charge on any atom is -0.481 e. The number of hydrogen-bond acceptors (Lipinski definition) is 5. The van der Waals surface area contributed by atoms with E-state index in [9.17, 15) is 32.7 Å². The third-order valence-corrected chi connectivity index (χ3v) is 7.14. The lowest BCUT2D eigenvalue weighted by Gasteiger charge is -2.33. The molecule has 3 atom stereocenters. The summed E-state index contributed by atoms with van der Waals surface area (Å²) in [4.78, 5) is 42.0. The fraction of sp³-hybridized carbons (Fsp3) is 0.500. The van der Waals surface area contributed by atoms with Gasteiger partial charge in [0.15, 0.2) is 0 Å². The van der Waals surface area contributed by atoms with Gasteiger partial charge in [-0.05, 0) is 37.3 Å². The number of carbonyl (C=O) groups excluding carboxylic acids is 2. The number of anilines is 1. The van der Waals surface area contributed by atoms with E-state index >= 15 is 0 Å². The maximum absolute atomic E-state index is 14.1. The molecule has 2 aromatic rings. The summed E-state index contributed by atoms with van der Waals surface area (Å²) in [5.74, 6) is -3.12. The summed E-state index contributed by atoms with van der Waals surface area (Å²) in [6, 6.07) is 10.9. The lowest BCUT2D eigenvalue weighted by molar-refractivity contribution is -0.275. The third-order valence-electron chi connectivity index (χ3n) is 7.14. The normalized spacial score (nSPS) is 21.7. The number of ether oxygens (including phenoxy) is 2. The molecule has 1 N–H and O–H groups in total. The number of aryl methyl sites for hydroxylation is 1. The molecule has 2 aliphatic heterocycles. The van der Waals surface area contributed by atoms with Gasteiger partial charge in [0, 0.05) is 36.4 Å². The van der Waals surface area contributed by atoms with Crippen LogP contribution in [0.1, 0.15) is 62.8 Å². The Balaban J connectivity index is 1.79. The van der Waals surface area contributed by atoms with Crippen molar-refractivity contribution >= 4 is 23.5 Å². The van der Waals surface area contributed by atoms with Crippen LogP contribution in [0.3, 0.4) is 0 Å². The number of carboxylic acid groups (broad SMARTS) is 1. The zero-order chi connectivity index (χ0) is 30.1. The SMILES string of the molecule is Cc1ccc2c(c1)C(c1ccccc1OC(F)(F)F)OC(CC(=O)N1CCCC(C(=O)O)C1)C(=O)N2CC(C)(C)C. The summed E-state index contributed by atoms with van der Waals surface area (Å²) in [7, 11) is 0. The van der Waals surface area contributed by atoms with E-state index in [-0.39, 0.29) is 24.1 Å². The van der Waals surface area contributed by atoms with Crippen molar-refractivity contribution < 1.29 is 42.1 Å². The van der Waals surface area contributed by atoms with Crippen LogP contribution in [0.15, 0.2) is 42.5 Å². The molecule has 0 radical (unpaired) electrons. The van der Waals surface area contributed by atoms with Gasteiger partial charge in [0.1, 0.15) is 18.0 Å². The molecule has 2 aromatic carbocycles. The van der Waals surface area contributed by atoms with Crippen LogP contribution in [0.25, 0.3) is 0 Å². The molecule has 1 fully saturated rings. The molecule has 0 aliphatic carbocycles. The van der Waals surface area contributed by atoms with Gasteiger partial charge in [-0.25, -0.2) is 0 Å². The zero-order valence-electron chi connectivity index (χ0n) is 23.5. The smallest absolute Gasteiger partial charge is 0.481 e. The second kappa shape index (κ2) is 11.7. The lowest BCUT2D eigenvalue weighted by atomic mass is 9.93. The molecule has 2 amide bonds. The first-order chi connectivity index (χ1) is 19.1. The Bertz CT molecular complexity index is 1310. The number of alkyl halides is 3. The molecule has 2 heterocycles. The van der Waals surface area contributed by atoms with Crippen molar-refractivity contribution in [3.05, 3.63) is 59.2 Å². The van der Waals surface area contributed by atoms with Crippen molar-refractivity contribution in [2.75, 3.05) is 24.5 Å². The van der Waals surface area contributed by atoms with Gasteiger partial charge in [-0.1, -0.05) is 56.7 Å². The summed E-state index contributed by atoms with van der Waals surface area (Å²) in [5, 5.41) is 9.46. The number of likely N-dealkylation sites (tertiary alicyclic amines) is 1. The van der Waals surface area contributed by atoms with E-state index in [0.717, 1.165) is 5.56 Å². The Labute approximate surface area is 237 Å². The van der Waals surface area contributed by atoms with Crippen LogP contribution in [0, 0.1) is 18.3 Å². The average molecular weight is 577 g/mol. The van der Waals surface area contributed by atoms with Gasteiger partial charge in [0.25, 0.3) is 5.91 Å². The number of rotatable bonds is 6. The van der Waals surface area contributed by atoms with Gasteiger partial charge >= 0.3 is 12.3 Å². The predicted molar refractivity (Wildman–Crippen MR) is 144 cm³/mol. The van der Waals surface area contributed by atoms with Crippen molar-refractivity contribution in [3.8, 4) is 5.75 Å². The molecule has 1 saturated heterocycles. The van der Waals surface area contributed by atoms with Crippen molar-refractivity contribution in [1.29, 1.82) is 0 Å². The first-order valence-electron chi connectivity index (χ1n) is 13.6. The van der Waals surface area contributed by atoms with Gasteiger partial charge in [-0.2, -0.15) is 0 Å². The van der Waals surface area contributed by atoms with Gasteiger partial charge in [0.05, 0.1) is 12.3 Å². The van der Waals surface area contributed by atoms with E-state index in [1.54, 1.807) is 18.2 Å². The third kappa shape index (κ3) is 7.38. The first kappa shape index (κ1) is 30.4. The van der Waals surface area contributed by atoms with Crippen LogP contribution in [0.5, 0.6) is 5.75 Å². The lowest BCUT2D eigenvalue weighted by Crippen LogP contribution is -2.47. The second-order valence-corrected chi connectivity index (χ2v) is 11.9. The number of fused-ring (bicyclic) bond motifs is 1. The van der Waals surface area contributed by atoms with Crippen LogP contribution >= 0.6 is 0 Å². The zero-order valence-corrected chi connectivity index (χ0v) is 23.5. The minimum absolute atomic E-state index is 0.0197. The highest BCUT2D eigenvalue weighted by molar-refractivity contribution is 6.00. The molecule has 4 rings (SSSR count). The number of amides is 2. The Morgan fingerprint density at radius 1 is 1.10 bits per heavy atom. The molecule has 0 bridgehead atoms. The van der Waals surface area contributed by atoms with Crippen molar-refractivity contribution in [2.24, 2.45) is 11.3 Å². The quantitative estimate of drug-likeness (QED) is 0.490. The molecular weight excluding hydrogens is 541 g/mol. The van der Waals surface area contributed by atoms with E-state index in [1.807, 2.05) is 33.8 Å². The molecule has 8 nitrogen and oxygen atoms in total. The second-order valence-electron chi connectivity index (χ2n) is 11.9. The van der Waals surface area contributed by atoms with Gasteiger partial charge < -0.3 is 24.4 Å². The number of benzene rings is 2. The number of nitrogens with zero attached hydrogens (tertiary/aromatic N) is 2. The number of carboxylic acids is 1. The maximum atomic E-state index is 14.1. The molecule has 41 heavy (non-hydrogen) atoms. The van der Waals surface area contributed by atoms with Crippen molar-refractivity contribution in [1.82, 2.24) is 4.90 Å². The number of aliphatic carboxylic acids is 1. The molecule has 2 aliphatic rings. The largest absolute Gasteiger partial charge is 0.573 e. The molecule has 11 heteroatoms. The highest BCUT2D eigenvalue weighted by Gasteiger charge is 2.42. The molecule has 3 unspecified atom stereocenters. The fourth-order valence-corrected chi connectivity index (χ4v) is 5.34. The average Bonchev–Trinajstić information content (AvgIpc) is 2.98. The standard InChI is InChI=1S/C30H35F3N2O6/c1-18-11-12-22-21(14-18)26(20-9-5-6-10-23(20)41-30(31,32)33)40-24(27(37)35(22)17-29(2,3)4)15-25(36)34-13-7-8-19(16-34)28(38)39/h5-6,9-12,14,19,24,26H,7-8,13,15-17H2,1-4H3,(H,38,39). The van der Waals surface area contributed by atoms with E-state index in [2.05, 4.69) is 4.74 Å². The van der Waals surface area contributed by atoms with Gasteiger partial charge in [-0.3, -0.25) is 14.4 Å². The highest BCUT2D eigenvalue weighted by atomic mass is 19.4. The van der Waals surface area contributed by atoms with E-state index < -0.39 is 54.4 Å². The van der Waals surface area contributed by atoms with E-state index in [4.69, 9.17) is 4.74 Å². The summed E-state index contributed by atoms with van der Waals surface area (Å²) in [6.45, 7) is 8.30. The molecule has 0 saturated carbocycles. The summed E-state index contributed by atoms with van der Waals surface area (Å²) < 4.78 is 50.8. The molecular formula is C30H35F3N2O6. The molecule has 222 valence electrons. The summed E-state index contributed by atoms with van der Waals surface area (Å²) in [6.07, 6.45) is -6.90. The Morgan fingerprint density at radius 3 is 2.46 bits per heavy atom. The van der Waals surface area contributed by atoms with E-state index in [0.29, 0.717) is 30.6 Å². The van der Waals surface area contributed by atoms with E-state index in [1.165, 1.54) is 28.0 Å². The summed E-state index contributed by atoms with van der Waals surface area (Å²) in [5.41, 5.74) is 1.44. The maximum Gasteiger partial charge on any atom is 0.573 e. The number of carbonyl (C=O) groups is 3. The fourth-order valence-electron chi connectivity index (χ4n) is 5.34. The number of halogens is 3. The summed E-state index contributed by atoms with van der Waals surface area (Å²) >= 11 is 0. The Kier molecular flexibility index (Phi) is 8.67. The number of para-hydroxylation sites is 1. The monoisotopic (exact) mass is 576 g/mol. The van der Waals surface area contributed by atoms with Crippen LogP contribution in [0.4, 0.5) is 18.9 Å². The van der Waals surface area contributed by atoms with Crippen LogP contribution in [-0.2, 0) is 19.1 Å². The molecule has 0 aromatic heterocycles. The van der Waals surface area contributed by atoms with Crippen LogP contribution in [-0.4, -0.2) is 59.9 Å². The Hall–Kier alpha value is -3.60. The topological polar surface area (TPSA) is 96.4 Å². The highest BCUT2D eigenvalue weighted by Crippen LogP contribution is 2.43. The predicted octanol–water partition coefficient (Wildman–Crippen LogP) is 5.47. The van der Waals surface area contributed by atoms with Crippen molar-refractivity contribution in [3.63, 3.8) is 0 Å².